The van der Waals surface area contributed by atoms with Gasteiger partial charge < -0.3 is 15.5 Å². The number of benzene rings is 2. The van der Waals surface area contributed by atoms with E-state index in [2.05, 4.69) is 10.6 Å². The molecule has 0 aromatic heterocycles. The van der Waals surface area contributed by atoms with Crippen LogP contribution in [0.5, 0.6) is 0 Å². The number of hydrogen-bond acceptors (Lipinski definition) is 3. The van der Waals surface area contributed by atoms with Crippen LogP contribution in [-0.4, -0.2) is 41.2 Å². The molecule has 2 N–H and O–H groups in total. The highest BCUT2D eigenvalue weighted by Crippen LogP contribution is 2.34. The van der Waals surface area contributed by atoms with Crippen molar-refractivity contribution in [3.8, 4) is 11.1 Å². The van der Waals surface area contributed by atoms with Crippen LogP contribution in [0.4, 0.5) is 5.69 Å². The van der Waals surface area contributed by atoms with E-state index in [1.54, 1.807) is 4.90 Å². The van der Waals surface area contributed by atoms with Crippen LogP contribution in [0.25, 0.3) is 11.1 Å². The highest BCUT2D eigenvalue weighted by Gasteiger charge is 2.41. The molecule has 2 fully saturated rings. The first-order valence-electron chi connectivity index (χ1n) is 13.1. The molecule has 7 heteroatoms. The number of para-hydroxylation sites is 1. The second-order valence-electron chi connectivity index (χ2n) is 10.2. The van der Waals surface area contributed by atoms with Gasteiger partial charge in [0.25, 0.3) is 0 Å². The van der Waals surface area contributed by atoms with E-state index in [1.165, 1.54) is 0 Å². The maximum Gasteiger partial charge on any atom is 0.247 e. The van der Waals surface area contributed by atoms with E-state index in [9.17, 15) is 14.4 Å². The highest BCUT2D eigenvalue weighted by atomic mass is 35.5. The fraction of sp³-hybridized carbons (Fsp3) is 0.483. The summed E-state index contributed by atoms with van der Waals surface area (Å²) in [7, 11) is 0. The lowest BCUT2D eigenvalue weighted by atomic mass is 9.83. The van der Waals surface area contributed by atoms with Crippen LogP contribution in [0.1, 0.15) is 58.8 Å². The van der Waals surface area contributed by atoms with Gasteiger partial charge in [-0.1, -0.05) is 81.1 Å². The largest absolute Gasteiger partial charge is 0.344 e. The first-order chi connectivity index (χ1) is 17.4. The summed E-state index contributed by atoms with van der Waals surface area (Å²) in [6, 6.07) is 13.9. The zero-order chi connectivity index (χ0) is 25.7. The normalized spacial score (nSPS) is 19.2. The fourth-order valence-electron chi connectivity index (χ4n) is 5.37. The van der Waals surface area contributed by atoms with Gasteiger partial charge in [0.1, 0.15) is 12.1 Å². The Hall–Kier alpha value is -2.86. The van der Waals surface area contributed by atoms with Crippen molar-refractivity contribution in [1.29, 1.82) is 0 Å². The maximum atomic E-state index is 13.8. The molecule has 0 unspecified atom stereocenters. The number of hydrogen-bond donors (Lipinski definition) is 2. The zero-order valence-electron chi connectivity index (χ0n) is 21.1. The minimum absolute atomic E-state index is 0.110. The summed E-state index contributed by atoms with van der Waals surface area (Å²) in [5.41, 5.74) is 2.33. The van der Waals surface area contributed by atoms with Gasteiger partial charge in [0, 0.05) is 34.3 Å². The predicted octanol–water partition coefficient (Wildman–Crippen LogP) is 5.66. The molecule has 1 aliphatic heterocycles. The quantitative estimate of drug-likeness (QED) is 0.505. The van der Waals surface area contributed by atoms with Gasteiger partial charge in [-0.3, -0.25) is 14.4 Å². The number of likely N-dealkylation sites (tertiary alicyclic amines) is 1. The Morgan fingerprint density at radius 3 is 2.25 bits per heavy atom. The molecule has 1 saturated heterocycles. The van der Waals surface area contributed by atoms with Crippen molar-refractivity contribution >= 4 is 35.0 Å². The second-order valence-corrected chi connectivity index (χ2v) is 10.7. The number of rotatable bonds is 7. The molecular weight excluding hydrogens is 474 g/mol. The molecule has 192 valence electrons. The van der Waals surface area contributed by atoms with Crippen molar-refractivity contribution in [2.24, 2.45) is 11.8 Å². The Labute approximate surface area is 218 Å². The van der Waals surface area contributed by atoms with Gasteiger partial charge in [0.05, 0.1) is 0 Å². The smallest absolute Gasteiger partial charge is 0.247 e. The van der Waals surface area contributed by atoms with Crippen molar-refractivity contribution in [3.05, 3.63) is 53.6 Å². The molecule has 0 spiro atoms. The SMILES string of the molecule is CC(C)C(=O)N[C@H](C(=O)N1CCC[C@H]1C(=O)Nc1ccccc1-c1ccccc1Cl)C1CCCCC1. The molecule has 1 aliphatic carbocycles. The van der Waals surface area contributed by atoms with Crippen molar-refractivity contribution in [3.63, 3.8) is 0 Å². The van der Waals surface area contributed by atoms with Gasteiger partial charge >= 0.3 is 0 Å². The van der Waals surface area contributed by atoms with Crippen LogP contribution in [-0.2, 0) is 14.4 Å². The zero-order valence-corrected chi connectivity index (χ0v) is 21.9. The van der Waals surface area contributed by atoms with E-state index in [0.717, 1.165) is 49.7 Å². The second kappa shape index (κ2) is 11.9. The van der Waals surface area contributed by atoms with Crippen LogP contribution in [0.3, 0.4) is 0 Å². The first kappa shape index (κ1) is 26.2. The molecular formula is C29H36ClN3O3. The topological polar surface area (TPSA) is 78.5 Å². The number of amides is 3. The third-order valence-corrected chi connectivity index (χ3v) is 7.73. The van der Waals surface area contributed by atoms with Crippen LogP contribution in [0, 0.1) is 11.8 Å². The lowest BCUT2D eigenvalue weighted by Gasteiger charge is -2.35. The molecule has 4 rings (SSSR count). The Kier molecular flexibility index (Phi) is 8.68. The summed E-state index contributed by atoms with van der Waals surface area (Å²) < 4.78 is 0. The van der Waals surface area contributed by atoms with Gasteiger partial charge in [-0.15, -0.1) is 0 Å². The summed E-state index contributed by atoms with van der Waals surface area (Å²) >= 11 is 6.43. The van der Waals surface area contributed by atoms with E-state index in [1.807, 2.05) is 62.4 Å². The van der Waals surface area contributed by atoms with E-state index < -0.39 is 12.1 Å². The summed E-state index contributed by atoms with van der Waals surface area (Å²) in [6.45, 7) is 4.18. The van der Waals surface area contributed by atoms with Gasteiger partial charge in [0.2, 0.25) is 17.7 Å². The minimum atomic E-state index is -0.580. The molecule has 2 aromatic rings. The molecule has 0 radical (unpaired) electrons. The van der Waals surface area contributed by atoms with E-state index >= 15 is 0 Å². The predicted molar refractivity (Wildman–Crippen MR) is 144 cm³/mol. The lowest BCUT2D eigenvalue weighted by molar-refractivity contribution is -0.142. The molecule has 2 atom stereocenters. The van der Waals surface area contributed by atoms with Crippen LogP contribution in [0.15, 0.2) is 48.5 Å². The Morgan fingerprint density at radius 2 is 1.56 bits per heavy atom. The molecule has 0 bridgehead atoms. The molecule has 6 nitrogen and oxygen atoms in total. The fourth-order valence-corrected chi connectivity index (χ4v) is 5.61. The standard InChI is InChI=1S/C29H36ClN3O3/c1-19(2)27(34)32-26(20-11-4-3-5-12-20)29(36)33-18-10-17-25(33)28(35)31-24-16-9-7-14-22(24)21-13-6-8-15-23(21)30/h6-9,13-16,19-20,25-26H,3-5,10-12,17-18H2,1-2H3,(H,31,35)(H,32,34)/t25-,26-/m0/s1. The number of nitrogens with zero attached hydrogens (tertiary/aromatic N) is 1. The van der Waals surface area contributed by atoms with Gasteiger partial charge in [-0.2, -0.15) is 0 Å². The maximum absolute atomic E-state index is 13.8. The summed E-state index contributed by atoms with van der Waals surface area (Å²) in [5, 5.41) is 6.70. The van der Waals surface area contributed by atoms with Gasteiger partial charge in [0.15, 0.2) is 0 Å². The monoisotopic (exact) mass is 509 g/mol. The third kappa shape index (κ3) is 5.92. The van der Waals surface area contributed by atoms with Gasteiger partial charge in [-0.25, -0.2) is 0 Å². The van der Waals surface area contributed by atoms with E-state index in [4.69, 9.17) is 11.6 Å². The van der Waals surface area contributed by atoms with Crippen molar-refractivity contribution in [2.75, 3.05) is 11.9 Å². The van der Waals surface area contributed by atoms with Crippen LogP contribution >= 0.6 is 11.6 Å². The number of nitrogens with one attached hydrogen (secondary N) is 2. The summed E-state index contributed by atoms with van der Waals surface area (Å²) in [4.78, 5) is 41.6. The van der Waals surface area contributed by atoms with Crippen LogP contribution < -0.4 is 10.6 Å². The third-order valence-electron chi connectivity index (χ3n) is 7.40. The number of halogens is 1. The molecule has 1 heterocycles. The van der Waals surface area contributed by atoms with Crippen molar-refractivity contribution in [2.45, 2.75) is 70.9 Å². The van der Waals surface area contributed by atoms with Crippen LogP contribution in [0.2, 0.25) is 5.02 Å². The molecule has 36 heavy (non-hydrogen) atoms. The lowest BCUT2D eigenvalue weighted by Crippen LogP contribution is -2.56. The molecule has 2 aromatic carbocycles. The summed E-state index contributed by atoms with van der Waals surface area (Å²) in [6.07, 6.45) is 6.49. The Bertz CT molecular complexity index is 1100. The molecule has 3 amide bonds. The average Bonchev–Trinajstić information content (AvgIpc) is 3.38. The molecule has 2 aliphatic rings. The number of anilines is 1. The van der Waals surface area contributed by atoms with Gasteiger partial charge in [-0.05, 0) is 43.7 Å². The van der Waals surface area contributed by atoms with Crippen molar-refractivity contribution < 1.29 is 14.4 Å². The Balaban J connectivity index is 1.54. The first-order valence-corrected chi connectivity index (χ1v) is 13.5. The highest BCUT2D eigenvalue weighted by molar-refractivity contribution is 6.33. The van der Waals surface area contributed by atoms with E-state index in [0.29, 0.717) is 23.7 Å². The van der Waals surface area contributed by atoms with E-state index in [-0.39, 0.29) is 29.6 Å². The average molecular weight is 510 g/mol. The minimum Gasteiger partial charge on any atom is -0.344 e. The van der Waals surface area contributed by atoms with Crippen molar-refractivity contribution in [1.82, 2.24) is 10.2 Å². The number of carbonyl (C=O) groups is 3. The summed E-state index contributed by atoms with van der Waals surface area (Å²) in [5.74, 6) is -0.555. The molecule has 1 saturated carbocycles. The Morgan fingerprint density at radius 1 is 0.889 bits per heavy atom. The number of carbonyl (C=O) groups excluding carboxylic acids is 3.